The van der Waals surface area contributed by atoms with Crippen molar-refractivity contribution in [3.63, 3.8) is 0 Å². The van der Waals surface area contributed by atoms with Crippen LogP contribution in [0.5, 0.6) is 0 Å². The highest BCUT2D eigenvalue weighted by Gasteiger charge is 2.27. The lowest BCUT2D eigenvalue weighted by Crippen LogP contribution is -2.46. The van der Waals surface area contributed by atoms with Gasteiger partial charge in [0, 0.05) is 19.7 Å². The molecule has 1 N–H and O–H groups in total. The van der Waals surface area contributed by atoms with Gasteiger partial charge in [0.1, 0.15) is 0 Å². The van der Waals surface area contributed by atoms with Gasteiger partial charge in [0.15, 0.2) is 0 Å². The van der Waals surface area contributed by atoms with Gasteiger partial charge in [-0.3, -0.25) is 4.90 Å². The monoisotopic (exact) mass is 229 g/mol. The highest BCUT2D eigenvalue weighted by atomic mass is 16.5. The molecule has 0 aromatic heterocycles. The van der Waals surface area contributed by atoms with E-state index in [2.05, 4.69) is 25.7 Å². The van der Waals surface area contributed by atoms with Gasteiger partial charge in [-0.15, -0.1) is 0 Å². The van der Waals surface area contributed by atoms with E-state index in [-0.39, 0.29) is 11.5 Å². The number of likely N-dealkylation sites (tertiary alicyclic amines) is 1. The number of hydrogen-bond donors (Lipinski definition) is 1. The number of β-amino-alcohol motifs (C(OH)–C–C–N with tert-alkyl or cyclic N) is 1. The van der Waals surface area contributed by atoms with Crippen molar-refractivity contribution in [1.82, 2.24) is 4.90 Å². The number of rotatable bonds is 4. The fourth-order valence-corrected chi connectivity index (χ4v) is 2.07. The zero-order chi connectivity index (χ0) is 12.2. The van der Waals surface area contributed by atoms with E-state index in [1.807, 2.05) is 6.92 Å². The Bertz CT molecular complexity index is 199. The SMILES string of the molecule is CCOC1CCCN(CC(O)C(C)(C)C)C1. The second-order valence-electron chi connectivity index (χ2n) is 5.86. The third-order valence-electron chi connectivity index (χ3n) is 3.30. The van der Waals surface area contributed by atoms with Crippen LogP contribution in [-0.2, 0) is 4.74 Å². The molecule has 16 heavy (non-hydrogen) atoms. The lowest BCUT2D eigenvalue weighted by Gasteiger charge is -2.36. The lowest BCUT2D eigenvalue weighted by molar-refractivity contribution is -0.0248. The molecule has 0 aliphatic carbocycles. The predicted molar refractivity (Wildman–Crippen MR) is 66.5 cm³/mol. The molecule has 0 aromatic rings. The highest BCUT2D eigenvalue weighted by molar-refractivity contribution is 4.80. The van der Waals surface area contributed by atoms with Gasteiger partial charge in [0.05, 0.1) is 12.2 Å². The van der Waals surface area contributed by atoms with Gasteiger partial charge in [0.25, 0.3) is 0 Å². The van der Waals surface area contributed by atoms with Crippen LogP contribution < -0.4 is 0 Å². The molecule has 2 atom stereocenters. The molecule has 3 heteroatoms. The van der Waals surface area contributed by atoms with E-state index in [0.29, 0.717) is 6.10 Å². The first-order valence-electron chi connectivity index (χ1n) is 6.45. The zero-order valence-electron chi connectivity index (χ0n) is 11.2. The van der Waals surface area contributed by atoms with Crippen LogP contribution >= 0.6 is 0 Å². The number of aliphatic hydroxyl groups excluding tert-OH is 1. The Kier molecular flexibility index (Phi) is 5.22. The van der Waals surface area contributed by atoms with Crippen LogP contribution in [0.3, 0.4) is 0 Å². The summed E-state index contributed by atoms with van der Waals surface area (Å²) in [6, 6.07) is 0. The summed E-state index contributed by atoms with van der Waals surface area (Å²) in [4.78, 5) is 2.33. The van der Waals surface area contributed by atoms with E-state index >= 15 is 0 Å². The van der Waals surface area contributed by atoms with Crippen molar-refractivity contribution in [2.24, 2.45) is 5.41 Å². The van der Waals surface area contributed by atoms with E-state index in [4.69, 9.17) is 4.74 Å². The second kappa shape index (κ2) is 5.99. The van der Waals surface area contributed by atoms with E-state index < -0.39 is 0 Å². The molecule has 1 saturated heterocycles. The Hall–Kier alpha value is -0.120. The van der Waals surface area contributed by atoms with E-state index in [9.17, 15) is 5.11 Å². The normalized spacial score (nSPS) is 25.7. The molecule has 1 aliphatic rings. The smallest absolute Gasteiger partial charge is 0.0715 e. The van der Waals surface area contributed by atoms with Crippen molar-refractivity contribution in [1.29, 1.82) is 0 Å². The van der Waals surface area contributed by atoms with Crippen LogP contribution in [0.15, 0.2) is 0 Å². The molecule has 0 saturated carbocycles. The molecule has 3 nitrogen and oxygen atoms in total. The Morgan fingerprint density at radius 3 is 2.69 bits per heavy atom. The van der Waals surface area contributed by atoms with Crippen molar-refractivity contribution in [2.75, 3.05) is 26.2 Å². The average Bonchev–Trinajstić information content (AvgIpc) is 2.17. The van der Waals surface area contributed by atoms with Gasteiger partial charge in [-0.2, -0.15) is 0 Å². The summed E-state index contributed by atoms with van der Waals surface area (Å²) in [6.45, 7) is 11.9. The standard InChI is InChI=1S/C13H27NO2/c1-5-16-11-7-6-8-14(9-11)10-12(15)13(2,3)4/h11-12,15H,5-10H2,1-4H3. The largest absolute Gasteiger partial charge is 0.391 e. The van der Waals surface area contributed by atoms with Crippen molar-refractivity contribution < 1.29 is 9.84 Å². The average molecular weight is 229 g/mol. The second-order valence-corrected chi connectivity index (χ2v) is 5.86. The predicted octanol–water partition coefficient (Wildman–Crippen LogP) is 1.89. The molecule has 0 radical (unpaired) electrons. The third kappa shape index (κ3) is 4.40. The Labute approximate surface area is 99.8 Å². The van der Waals surface area contributed by atoms with Gasteiger partial charge in [0.2, 0.25) is 0 Å². The fourth-order valence-electron chi connectivity index (χ4n) is 2.07. The molecule has 1 aliphatic heterocycles. The van der Waals surface area contributed by atoms with Crippen molar-refractivity contribution >= 4 is 0 Å². The maximum atomic E-state index is 10.1. The maximum absolute atomic E-state index is 10.1. The van der Waals surface area contributed by atoms with Crippen molar-refractivity contribution in [2.45, 2.75) is 52.7 Å². The van der Waals surface area contributed by atoms with Crippen LogP contribution in [0.25, 0.3) is 0 Å². The first kappa shape index (κ1) is 13.9. The molecule has 1 heterocycles. The summed E-state index contributed by atoms with van der Waals surface area (Å²) in [6.07, 6.45) is 2.45. The molecule has 0 aromatic carbocycles. The van der Waals surface area contributed by atoms with Crippen LogP contribution in [-0.4, -0.2) is 48.5 Å². The molecule has 96 valence electrons. The number of hydrogen-bond acceptors (Lipinski definition) is 3. The van der Waals surface area contributed by atoms with Crippen LogP contribution in [0, 0.1) is 5.41 Å². The first-order valence-corrected chi connectivity index (χ1v) is 6.45. The number of ether oxygens (including phenoxy) is 1. The molecule has 1 fully saturated rings. The lowest BCUT2D eigenvalue weighted by atomic mass is 9.88. The Balaban J connectivity index is 2.37. The van der Waals surface area contributed by atoms with Gasteiger partial charge in [-0.25, -0.2) is 0 Å². The molecule has 0 bridgehead atoms. The Morgan fingerprint density at radius 1 is 1.44 bits per heavy atom. The molecule has 0 amide bonds. The molecule has 0 spiro atoms. The number of aliphatic hydroxyl groups is 1. The van der Waals surface area contributed by atoms with E-state index in [1.54, 1.807) is 0 Å². The highest BCUT2D eigenvalue weighted by Crippen LogP contribution is 2.21. The topological polar surface area (TPSA) is 32.7 Å². The molecule has 2 unspecified atom stereocenters. The summed E-state index contributed by atoms with van der Waals surface area (Å²) in [5.74, 6) is 0. The van der Waals surface area contributed by atoms with Crippen molar-refractivity contribution in [3.05, 3.63) is 0 Å². The molecule has 1 rings (SSSR count). The summed E-state index contributed by atoms with van der Waals surface area (Å²) < 4.78 is 5.66. The first-order chi connectivity index (χ1) is 7.43. The van der Waals surface area contributed by atoms with E-state index in [0.717, 1.165) is 32.7 Å². The Morgan fingerprint density at radius 2 is 2.12 bits per heavy atom. The van der Waals surface area contributed by atoms with Crippen molar-refractivity contribution in [3.8, 4) is 0 Å². The van der Waals surface area contributed by atoms with E-state index in [1.165, 1.54) is 6.42 Å². The van der Waals surface area contributed by atoms with Crippen LogP contribution in [0.2, 0.25) is 0 Å². The van der Waals surface area contributed by atoms with Crippen LogP contribution in [0.4, 0.5) is 0 Å². The van der Waals surface area contributed by atoms with Gasteiger partial charge in [-0.05, 0) is 31.7 Å². The third-order valence-corrected chi connectivity index (χ3v) is 3.30. The summed E-state index contributed by atoms with van der Waals surface area (Å²) in [7, 11) is 0. The maximum Gasteiger partial charge on any atom is 0.0715 e. The number of nitrogens with zero attached hydrogens (tertiary/aromatic N) is 1. The minimum Gasteiger partial charge on any atom is -0.391 e. The zero-order valence-corrected chi connectivity index (χ0v) is 11.2. The summed E-state index contributed by atoms with van der Waals surface area (Å²) in [5.41, 5.74) is -0.0292. The molecular formula is C13H27NO2. The van der Waals surface area contributed by atoms with Gasteiger partial charge < -0.3 is 9.84 Å². The quantitative estimate of drug-likeness (QED) is 0.799. The summed E-state index contributed by atoms with van der Waals surface area (Å²) >= 11 is 0. The van der Waals surface area contributed by atoms with Gasteiger partial charge in [-0.1, -0.05) is 20.8 Å². The minimum atomic E-state index is -0.257. The van der Waals surface area contributed by atoms with Crippen LogP contribution in [0.1, 0.15) is 40.5 Å². The molecular weight excluding hydrogens is 202 g/mol. The fraction of sp³-hybridized carbons (Fsp3) is 1.00. The summed E-state index contributed by atoms with van der Waals surface area (Å²) in [5, 5.41) is 10.1. The minimum absolute atomic E-state index is 0.0292. The van der Waals surface area contributed by atoms with Gasteiger partial charge >= 0.3 is 0 Å². The number of piperidine rings is 1.